The third-order valence-electron chi connectivity index (χ3n) is 3.36. The zero-order valence-corrected chi connectivity index (χ0v) is 13.7. The van der Waals surface area contributed by atoms with Crippen LogP contribution in [0.3, 0.4) is 0 Å². The van der Waals surface area contributed by atoms with E-state index in [2.05, 4.69) is 35.5 Å². The molecule has 1 amide bonds. The number of amides is 1. The highest BCUT2D eigenvalue weighted by Gasteiger charge is 2.19. The van der Waals surface area contributed by atoms with Crippen LogP contribution < -0.4 is 11.1 Å². The van der Waals surface area contributed by atoms with Gasteiger partial charge in [-0.15, -0.1) is 0 Å². The van der Waals surface area contributed by atoms with Crippen molar-refractivity contribution in [2.24, 2.45) is 5.73 Å². The van der Waals surface area contributed by atoms with Crippen LogP contribution in [0.15, 0.2) is 17.8 Å². The average Bonchev–Trinajstić information content (AvgIpc) is 2.68. The van der Waals surface area contributed by atoms with Crippen LogP contribution >= 0.6 is 0 Å². The Labute approximate surface area is 131 Å². The summed E-state index contributed by atoms with van der Waals surface area (Å²) in [5.41, 5.74) is 10.2. The van der Waals surface area contributed by atoms with Crippen LogP contribution in [0.4, 0.5) is 4.79 Å². The van der Waals surface area contributed by atoms with Crippen LogP contribution in [0.25, 0.3) is 12.2 Å². The Kier molecular flexibility index (Phi) is 4.76. The van der Waals surface area contributed by atoms with Crippen molar-refractivity contribution in [1.82, 2.24) is 10.3 Å². The lowest BCUT2D eigenvalue weighted by atomic mass is 10.0. The second kappa shape index (κ2) is 6.40. The Morgan fingerprint density at radius 2 is 2.23 bits per heavy atom. The molecular weight excluding hydrogens is 278 g/mol. The number of allylic oxidation sites excluding steroid dienone is 2. The van der Waals surface area contributed by atoms with Gasteiger partial charge in [-0.05, 0) is 45.8 Å². The number of ether oxygens (including phenoxy) is 1. The monoisotopic (exact) mass is 303 g/mol. The highest BCUT2D eigenvalue weighted by molar-refractivity contribution is 5.71. The van der Waals surface area contributed by atoms with Gasteiger partial charge in [0.2, 0.25) is 0 Å². The molecule has 22 heavy (non-hydrogen) atoms. The molecule has 0 saturated heterocycles. The van der Waals surface area contributed by atoms with E-state index in [0.717, 1.165) is 23.2 Å². The van der Waals surface area contributed by atoms with Gasteiger partial charge in [-0.25, -0.2) is 4.79 Å². The van der Waals surface area contributed by atoms with Gasteiger partial charge in [0.05, 0.1) is 0 Å². The molecule has 1 aromatic rings. The van der Waals surface area contributed by atoms with E-state index in [-0.39, 0.29) is 6.04 Å². The summed E-state index contributed by atoms with van der Waals surface area (Å²) < 4.78 is 5.22. The predicted molar refractivity (Wildman–Crippen MR) is 89.3 cm³/mol. The summed E-state index contributed by atoms with van der Waals surface area (Å²) in [5.74, 6) is 0. The molecule has 1 aromatic heterocycles. The first-order chi connectivity index (χ1) is 10.3. The SMILES string of the molecule is CC1=Cc2c(C(N)CNC(=O)OC(C)(C)C)c[nH]c2C=CC1. The van der Waals surface area contributed by atoms with Crippen molar-refractivity contribution in [3.05, 3.63) is 34.7 Å². The van der Waals surface area contributed by atoms with Gasteiger partial charge in [0.15, 0.2) is 0 Å². The molecule has 2 rings (SSSR count). The number of fused-ring (bicyclic) bond motifs is 1. The van der Waals surface area contributed by atoms with Gasteiger partial charge in [0, 0.05) is 30.0 Å². The van der Waals surface area contributed by atoms with E-state index >= 15 is 0 Å². The number of nitrogens with two attached hydrogens (primary N) is 1. The van der Waals surface area contributed by atoms with E-state index in [4.69, 9.17) is 10.5 Å². The molecular formula is C17H25N3O2. The number of aromatic nitrogens is 1. The molecule has 1 atom stereocenters. The molecule has 1 aliphatic carbocycles. The Bertz CT molecular complexity index is 606. The number of rotatable bonds is 3. The first-order valence-electron chi connectivity index (χ1n) is 7.53. The van der Waals surface area contributed by atoms with Crippen molar-refractivity contribution in [1.29, 1.82) is 0 Å². The number of alkyl carbamates (subject to hydrolysis) is 1. The molecule has 4 N–H and O–H groups in total. The van der Waals surface area contributed by atoms with Crippen LogP contribution in [0, 0.1) is 0 Å². The molecule has 0 bridgehead atoms. The van der Waals surface area contributed by atoms with Gasteiger partial charge in [0.25, 0.3) is 0 Å². The smallest absolute Gasteiger partial charge is 0.407 e. The highest BCUT2D eigenvalue weighted by Crippen LogP contribution is 2.27. The van der Waals surface area contributed by atoms with Crippen molar-refractivity contribution in [2.45, 2.75) is 45.8 Å². The molecule has 0 radical (unpaired) electrons. The molecule has 0 fully saturated rings. The van der Waals surface area contributed by atoms with Crippen molar-refractivity contribution in [3.8, 4) is 0 Å². The fourth-order valence-electron chi connectivity index (χ4n) is 2.36. The van der Waals surface area contributed by atoms with Gasteiger partial charge in [-0.1, -0.05) is 17.7 Å². The number of carbonyl (C=O) groups is 1. The fourth-order valence-corrected chi connectivity index (χ4v) is 2.36. The Balaban J connectivity index is 2.04. The molecule has 0 aliphatic heterocycles. The van der Waals surface area contributed by atoms with Crippen LogP contribution in [-0.2, 0) is 4.74 Å². The maximum Gasteiger partial charge on any atom is 0.407 e. The first kappa shape index (κ1) is 16.4. The Morgan fingerprint density at radius 3 is 2.91 bits per heavy atom. The molecule has 120 valence electrons. The topological polar surface area (TPSA) is 80.1 Å². The second-order valence-corrected chi connectivity index (χ2v) is 6.66. The summed E-state index contributed by atoms with van der Waals surface area (Å²) in [5, 5.41) is 2.72. The molecule has 0 aromatic carbocycles. The van der Waals surface area contributed by atoms with E-state index in [1.165, 1.54) is 5.57 Å². The molecule has 5 heteroatoms. The summed E-state index contributed by atoms with van der Waals surface area (Å²) in [6.45, 7) is 7.92. The molecule has 1 unspecified atom stereocenters. The number of hydrogen-bond acceptors (Lipinski definition) is 3. The standard InChI is InChI=1S/C17H25N3O2/c1-11-6-5-7-15-12(8-11)13(9-19-15)14(18)10-20-16(21)22-17(2,3)4/h5,7-9,14,19H,6,10,18H2,1-4H3,(H,20,21). The average molecular weight is 303 g/mol. The highest BCUT2D eigenvalue weighted by atomic mass is 16.6. The summed E-state index contributed by atoms with van der Waals surface area (Å²) >= 11 is 0. The van der Waals surface area contributed by atoms with Crippen LogP contribution in [0.2, 0.25) is 0 Å². The number of H-pyrrole nitrogens is 1. The van der Waals surface area contributed by atoms with E-state index in [1.54, 1.807) is 0 Å². The predicted octanol–water partition coefficient (Wildman–Crippen LogP) is 3.36. The van der Waals surface area contributed by atoms with Crippen molar-refractivity contribution >= 4 is 18.2 Å². The molecule has 0 saturated carbocycles. The zero-order chi connectivity index (χ0) is 16.3. The summed E-state index contributed by atoms with van der Waals surface area (Å²) in [4.78, 5) is 14.9. The fraction of sp³-hybridized carbons (Fsp3) is 0.471. The normalized spacial score (nSPS) is 15.6. The number of hydrogen-bond donors (Lipinski definition) is 3. The number of carbonyl (C=O) groups excluding carboxylic acids is 1. The molecule has 0 spiro atoms. The van der Waals surface area contributed by atoms with Gasteiger partial charge < -0.3 is 20.8 Å². The van der Waals surface area contributed by atoms with Crippen molar-refractivity contribution in [3.63, 3.8) is 0 Å². The first-order valence-corrected chi connectivity index (χ1v) is 7.53. The molecule has 1 aliphatic rings. The van der Waals surface area contributed by atoms with Crippen molar-refractivity contribution < 1.29 is 9.53 Å². The zero-order valence-electron chi connectivity index (χ0n) is 13.7. The van der Waals surface area contributed by atoms with Crippen LogP contribution in [0.5, 0.6) is 0 Å². The minimum atomic E-state index is -0.510. The van der Waals surface area contributed by atoms with Crippen molar-refractivity contribution in [2.75, 3.05) is 6.54 Å². The van der Waals surface area contributed by atoms with E-state index < -0.39 is 11.7 Å². The minimum Gasteiger partial charge on any atom is -0.444 e. The lowest BCUT2D eigenvalue weighted by Gasteiger charge is -2.21. The van der Waals surface area contributed by atoms with Gasteiger partial charge in [-0.3, -0.25) is 0 Å². The van der Waals surface area contributed by atoms with Gasteiger partial charge in [0.1, 0.15) is 5.60 Å². The van der Waals surface area contributed by atoms with Gasteiger partial charge in [-0.2, -0.15) is 0 Å². The van der Waals surface area contributed by atoms with Crippen LogP contribution in [-0.4, -0.2) is 23.2 Å². The quantitative estimate of drug-likeness (QED) is 0.801. The third kappa shape index (κ3) is 4.24. The second-order valence-electron chi connectivity index (χ2n) is 6.66. The van der Waals surface area contributed by atoms with E-state index in [1.807, 2.05) is 27.0 Å². The largest absolute Gasteiger partial charge is 0.444 e. The lowest BCUT2D eigenvalue weighted by molar-refractivity contribution is 0.0524. The van der Waals surface area contributed by atoms with Gasteiger partial charge >= 0.3 is 6.09 Å². The molecule has 5 nitrogen and oxygen atoms in total. The maximum atomic E-state index is 11.7. The lowest BCUT2D eigenvalue weighted by Crippen LogP contribution is -2.36. The maximum absolute atomic E-state index is 11.7. The molecule has 1 heterocycles. The van der Waals surface area contributed by atoms with E-state index in [9.17, 15) is 4.79 Å². The Morgan fingerprint density at radius 1 is 1.50 bits per heavy atom. The summed E-state index contributed by atoms with van der Waals surface area (Å²) in [7, 11) is 0. The Hall–Kier alpha value is -2.01. The summed E-state index contributed by atoms with van der Waals surface area (Å²) in [6, 6.07) is -0.289. The van der Waals surface area contributed by atoms with Crippen LogP contribution in [0.1, 0.15) is 57.0 Å². The van der Waals surface area contributed by atoms with E-state index in [0.29, 0.717) is 6.54 Å². The third-order valence-corrected chi connectivity index (χ3v) is 3.36. The summed E-state index contributed by atoms with van der Waals surface area (Å²) in [6.07, 6.45) is 8.74. The number of nitrogens with one attached hydrogen (secondary N) is 2. The number of aromatic amines is 1. The minimum absolute atomic E-state index is 0.289.